The van der Waals surface area contributed by atoms with Gasteiger partial charge in [0.25, 0.3) is 5.91 Å². The van der Waals surface area contributed by atoms with Gasteiger partial charge in [-0.25, -0.2) is 14.4 Å². The predicted octanol–water partition coefficient (Wildman–Crippen LogP) is 8.68. The minimum absolute atomic E-state index is 0.00851. The molecule has 1 amide bonds. The van der Waals surface area contributed by atoms with E-state index in [-0.39, 0.29) is 6.54 Å². The second-order valence-electron chi connectivity index (χ2n) is 10.3. The standard InChI is InChI=1S/C33H25Cl2NO11/c34-24-12-11-21(14-25(24)35)44-20-8-3-5-18(13-20)17-36(26-10-4-7-19-6-1-2-9-22(19)26)30(37)23-15-28(46-32(40)41)29(47-33(42)43)16-27(23)45-31(38)39/h1-3,5-6,8-9,11-16,26H,4,7,10,17H2,(H,38,39)(H,40,41)(H,42,43)/t26-/m0/s1. The number of hydrogen-bond donors (Lipinski definition) is 3. The maximum absolute atomic E-state index is 14.5. The fraction of sp³-hybridized carbons (Fsp3) is 0.152. The molecule has 1 aliphatic carbocycles. The molecule has 0 unspecified atom stereocenters. The zero-order valence-electron chi connectivity index (χ0n) is 24.2. The van der Waals surface area contributed by atoms with E-state index in [1.54, 1.807) is 42.5 Å². The monoisotopic (exact) mass is 681 g/mol. The predicted molar refractivity (Wildman–Crippen MR) is 167 cm³/mol. The number of amides is 1. The number of halogens is 2. The van der Waals surface area contributed by atoms with Crippen LogP contribution in [0.25, 0.3) is 0 Å². The molecular formula is C33H25Cl2NO11. The molecule has 1 atom stereocenters. The summed E-state index contributed by atoms with van der Waals surface area (Å²) in [5.41, 5.74) is 2.13. The van der Waals surface area contributed by atoms with Gasteiger partial charge in [0.05, 0.1) is 21.7 Å². The fourth-order valence-corrected chi connectivity index (χ4v) is 5.63. The van der Waals surface area contributed by atoms with Gasteiger partial charge in [0.2, 0.25) is 0 Å². The summed E-state index contributed by atoms with van der Waals surface area (Å²) < 4.78 is 20.1. The Kier molecular flexibility index (Phi) is 10.0. The summed E-state index contributed by atoms with van der Waals surface area (Å²) in [5, 5.41) is 28.5. The van der Waals surface area contributed by atoms with E-state index >= 15 is 0 Å². The zero-order valence-corrected chi connectivity index (χ0v) is 25.7. The molecule has 47 heavy (non-hydrogen) atoms. The van der Waals surface area contributed by atoms with E-state index in [4.69, 9.17) is 42.5 Å². The quantitative estimate of drug-likeness (QED) is 0.114. The lowest BCUT2D eigenvalue weighted by Crippen LogP contribution is -2.36. The summed E-state index contributed by atoms with van der Waals surface area (Å²) >= 11 is 12.2. The van der Waals surface area contributed by atoms with Crippen LogP contribution in [-0.2, 0) is 13.0 Å². The molecule has 12 nitrogen and oxygen atoms in total. The summed E-state index contributed by atoms with van der Waals surface area (Å²) in [5.74, 6) is -1.86. The number of nitrogens with zero attached hydrogens (tertiary/aromatic N) is 1. The summed E-state index contributed by atoms with van der Waals surface area (Å²) in [6.45, 7) is -0.00851. The smallest absolute Gasteiger partial charge is 0.457 e. The summed E-state index contributed by atoms with van der Waals surface area (Å²) in [6, 6.07) is 20.5. The molecule has 0 fully saturated rings. The first-order valence-corrected chi connectivity index (χ1v) is 14.7. The molecule has 0 saturated heterocycles. The maximum Gasteiger partial charge on any atom is 0.511 e. The highest BCUT2D eigenvalue weighted by Crippen LogP contribution is 2.41. The number of hydrogen-bond acceptors (Lipinski definition) is 8. The van der Waals surface area contributed by atoms with Crippen LogP contribution in [0.15, 0.2) is 78.9 Å². The summed E-state index contributed by atoms with van der Waals surface area (Å²) in [4.78, 5) is 50.4. The van der Waals surface area contributed by atoms with E-state index in [2.05, 4.69) is 4.74 Å². The van der Waals surface area contributed by atoms with Crippen molar-refractivity contribution in [3.05, 3.63) is 111 Å². The van der Waals surface area contributed by atoms with E-state index in [0.717, 1.165) is 36.1 Å². The van der Waals surface area contributed by atoms with Gasteiger partial charge in [-0.05, 0) is 60.2 Å². The molecule has 0 aliphatic heterocycles. The minimum Gasteiger partial charge on any atom is -0.457 e. The largest absolute Gasteiger partial charge is 0.511 e. The topological polar surface area (TPSA) is 169 Å². The van der Waals surface area contributed by atoms with Crippen LogP contribution in [0.5, 0.6) is 28.7 Å². The van der Waals surface area contributed by atoms with Crippen molar-refractivity contribution in [2.24, 2.45) is 0 Å². The molecule has 5 rings (SSSR count). The van der Waals surface area contributed by atoms with Gasteiger partial charge in [-0.1, -0.05) is 59.6 Å². The van der Waals surface area contributed by atoms with Gasteiger partial charge in [-0.2, -0.15) is 0 Å². The zero-order chi connectivity index (χ0) is 33.7. The molecular weight excluding hydrogens is 657 g/mol. The van der Waals surface area contributed by atoms with Crippen molar-refractivity contribution < 1.29 is 53.4 Å². The van der Waals surface area contributed by atoms with E-state index in [9.17, 15) is 29.4 Å². The highest BCUT2D eigenvalue weighted by Gasteiger charge is 2.33. The molecule has 242 valence electrons. The van der Waals surface area contributed by atoms with Crippen LogP contribution in [0.2, 0.25) is 10.0 Å². The number of aryl methyl sites for hydroxylation is 1. The Hall–Kier alpha value is -5.46. The van der Waals surface area contributed by atoms with E-state index < -0.39 is 53.2 Å². The van der Waals surface area contributed by atoms with Gasteiger partial charge in [-0.3, -0.25) is 4.79 Å². The highest BCUT2D eigenvalue weighted by atomic mass is 35.5. The number of carbonyl (C=O) groups is 4. The van der Waals surface area contributed by atoms with Crippen LogP contribution in [0.3, 0.4) is 0 Å². The lowest BCUT2D eigenvalue weighted by atomic mass is 9.86. The third kappa shape index (κ3) is 8.04. The lowest BCUT2D eigenvalue weighted by molar-refractivity contribution is 0.0633. The number of rotatable bonds is 9. The van der Waals surface area contributed by atoms with Crippen molar-refractivity contribution >= 4 is 47.6 Å². The Morgan fingerprint density at radius 1 is 0.723 bits per heavy atom. The van der Waals surface area contributed by atoms with Crippen molar-refractivity contribution in [1.29, 1.82) is 0 Å². The molecule has 4 aromatic rings. The first kappa shape index (κ1) is 32.9. The molecule has 0 aromatic heterocycles. The normalized spacial score (nSPS) is 13.5. The van der Waals surface area contributed by atoms with Crippen molar-refractivity contribution in [2.75, 3.05) is 0 Å². The molecule has 14 heteroatoms. The van der Waals surface area contributed by atoms with Crippen molar-refractivity contribution in [2.45, 2.75) is 31.8 Å². The lowest BCUT2D eigenvalue weighted by Gasteiger charge is -2.36. The van der Waals surface area contributed by atoms with Crippen LogP contribution in [0.4, 0.5) is 14.4 Å². The third-order valence-electron chi connectivity index (χ3n) is 7.22. The van der Waals surface area contributed by atoms with E-state index in [1.165, 1.54) is 4.90 Å². The van der Waals surface area contributed by atoms with Gasteiger partial charge in [0, 0.05) is 24.7 Å². The highest BCUT2D eigenvalue weighted by molar-refractivity contribution is 6.42. The second-order valence-corrected chi connectivity index (χ2v) is 11.1. The Morgan fingerprint density at radius 2 is 1.38 bits per heavy atom. The van der Waals surface area contributed by atoms with Crippen LogP contribution >= 0.6 is 23.2 Å². The molecule has 4 aromatic carbocycles. The maximum atomic E-state index is 14.5. The second kappa shape index (κ2) is 14.3. The van der Waals surface area contributed by atoms with Crippen molar-refractivity contribution in [1.82, 2.24) is 4.90 Å². The Bertz CT molecular complexity index is 1860. The molecule has 0 saturated carbocycles. The first-order chi connectivity index (χ1) is 22.5. The third-order valence-corrected chi connectivity index (χ3v) is 7.96. The van der Waals surface area contributed by atoms with E-state index in [0.29, 0.717) is 33.5 Å². The summed E-state index contributed by atoms with van der Waals surface area (Å²) in [7, 11) is 0. The SMILES string of the molecule is O=C(O)Oc1cc(OC(=O)O)c(C(=O)N(Cc2cccc(Oc3ccc(Cl)c(Cl)c3)c2)[C@H]2CCCc3ccccc32)cc1OC(=O)O. The van der Waals surface area contributed by atoms with Crippen molar-refractivity contribution in [3.8, 4) is 28.7 Å². The molecule has 3 N–H and O–H groups in total. The molecule has 0 bridgehead atoms. The molecule has 0 heterocycles. The number of ether oxygens (including phenoxy) is 4. The van der Waals surface area contributed by atoms with Gasteiger partial charge < -0.3 is 39.2 Å². The Balaban J connectivity index is 1.59. The minimum atomic E-state index is -1.84. The Labute approximate surface area is 277 Å². The first-order valence-electron chi connectivity index (χ1n) is 14.0. The average Bonchev–Trinajstić information content (AvgIpc) is 3.02. The number of fused-ring (bicyclic) bond motifs is 1. The number of benzene rings is 4. The summed E-state index contributed by atoms with van der Waals surface area (Å²) in [6.07, 6.45) is -3.41. The van der Waals surface area contributed by atoms with Gasteiger partial charge >= 0.3 is 18.5 Å². The Morgan fingerprint density at radius 3 is 2.09 bits per heavy atom. The van der Waals surface area contributed by atoms with Gasteiger partial charge in [0.15, 0.2) is 17.2 Å². The van der Waals surface area contributed by atoms with Gasteiger partial charge in [-0.15, -0.1) is 0 Å². The average molecular weight is 682 g/mol. The molecule has 0 radical (unpaired) electrons. The number of carbonyl (C=O) groups excluding carboxylic acids is 1. The van der Waals surface area contributed by atoms with Gasteiger partial charge in [0.1, 0.15) is 11.5 Å². The van der Waals surface area contributed by atoms with Crippen LogP contribution in [-0.4, -0.2) is 44.6 Å². The molecule has 1 aliphatic rings. The van der Waals surface area contributed by atoms with Crippen molar-refractivity contribution in [3.63, 3.8) is 0 Å². The molecule has 0 spiro atoms. The van der Waals surface area contributed by atoms with Crippen LogP contribution < -0.4 is 18.9 Å². The van der Waals surface area contributed by atoms with Crippen LogP contribution in [0, 0.1) is 0 Å². The fourth-order valence-electron chi connectivity index (χ4n) is 5.35. The van der Waals surface area contributed by atoms with Crippen LogP contribution in [0.1, 0.15) is 45.9 Å². The van der Waals surface area contributed by atoms with E-state index in [1.807, 2.05) is 24.3 Å². The number of carboxylic acid groups (broad SMARTS) is 3.